The quantitative estimate of drug-likeness (QED) is 0.0163. The minimum atomic E-state index is -1.45. The molecule has 5 aromatic rings. The molecule has 5 aliphatic heterocycles. The molecule has 0 aromatic heterocycles. The summed E-state index contributed by atoms with van der Waals surface area (Å²) < 4.78 is 29.8. The van der Waals surface area contributed by atoms with Gasteiger partial charge in [0.15, 0.2) is 29.2 Å². The van der Waals surface area contributed by atoms with E-state index in [1.54, 1.807) is 86.3 Å². The average molecular weight is 1330 g/mol. The number of carbonyl (C=O) groups is 7. The first-order valence-electron chi connectivity index (χ1n) is 33.7. The molecule has 7 aliphatic rings. The molecular weight excluding hydrogens is 1240 g/mol. The van der Waals surface area contributed by atoms with Gasteiger partial charge in [-0.05, 0) is 136 Å². The number of nitrogens with two attached hydrogens (primary N) is 1. The zero-order chi connectivity index (χ0) is 68.3. The minimum absolute atomic E-state index is 0.00893. The summed E-state index contributed by atoms with van der Waals surface area (Å²) in [6, 6.07) is 25.9. The SMILES string of the molecule is CN/C1=C(\NN)c2ccccc2CN(C(=O)CCCCC(=O)N[C@H](C(=O)N[C@@H](C)C(=O)Nc2ccc(COC(=O)N3c4cc(OCCCCCOc5cc6c(cc5OC)C(=O)N5CC7(CC7)CC5C=N6)c(OC)cc4C(=O)N4CC5(CC5)C[C@H]4[C@@H]3O)cc2)C(C)C)c2ccccc21. The van der Waals surface area contributed by atoms with E-state index in [1.807, 2.05) is 59.6 Å². The van der Waals surface area contributed by atoms with E-state index in [-0.39, 0.29) is 95.2 Å². The van der Waals surface area contributed by atoms with E-state index in [4.69, 9.17) is 34.5 Å². The van der Waals surface area contributed by atoms with Gasteiger partial charge in [-0.2, -0.15) is 0 Å². The Kier molecular flexibility index (Phi) is 19.8. The van der Waals surface area contributed by atoms with Gasteiger partial charge in [0.1, 0.15) is 18.7 Å². The molecule has 5 heterocycles. The Morgan fingerprint density at radius 3 is 2.00 bits per heavy atom. The van der Waals surface area contributed by atoms with Gasteiger partial charge in [0.25, 0.3) is 11.8 Å². The third-order valence-electron chi connectivity index (χ3n) is 20.0. The highest BCUT2D eigenvalue weighted by atomic mass is 16.6. The number of ether oxygens (including phenoxy) is 5. The average Bonchev–Trinajstić information content (AvgIpc) is 1.59. The van der Waals surface area contributed by atoms with Crippen LogP contribution < -0.4 is 61.3 Å². The van der Waals surface area contributed by atoms with E-state index >= 15 is 0 Å². The van der Waals surface area contributed by atoms with Crippen molar-refractivity contribution >= 4 is 81.9 Å². The van der Waals surface area contributed by atoms with Crippen molar-refractivity contribution < 1.29 is 62.4 Å². The molecule has 5 aromatic carbocycles. The van der Waals surface area contributed by atoms with E-state index < -0.39 is 42.3 Å². The number of anilines is 3. The van der Waals surface area contributed by atoms with Crippen LogP contribution in [0.15, 0.2) is 102 Å². The summed E-state index contributed by atoms with van der Waals surface area (Å²) in [7, 11) is 4.83. The highest BCUT2D eigenvalue weighted by Gasteiger charge is 2.58. The van der Waals surface area contributed by atoms with Gasteiger partial charge in [0.2, 0.25) is 23.6 Å². The molecule has 2 spiro atoms. The molecule has 1 unspecified atom stereocenters. The Balaban J connectivity index is 0.614. The number of aliphatic hydroxyl groups is 1. The normalized spacial score (nSPS) is 20.3. The number of para-hydroxylation sites is 1. The monoisotopic (exact) mass is 1330 g/mol. The summed E-state index contributed by atoms with van der Waals surface area (Å²) in [6.45, 7) is 7.04. The lowest BCUT2D eigenvalue weighted by molar-refractivity contribution is -0.131. The Bertz CT molecular complexity index is 3920. The lowest BCUT2D eigenvalue weighted by Gasteiger charge is -2.31. The maximum Gasteiger partial charge on any atom is 0.416 e. The van der Waals surface area contributed by atoms with Crippen molar-refractivity contribution in [3.63, 3.8) is 0 Å². The maximum atomic E-state index is 14.5. The van der Waals surface area contributed by atoms with Crippen LogP contribution in [0.25, 0.3) is 11.4 Å². The fourth-order valence-corrected chi connectivity index (χ4v) is 14.1. The molecule has 97 heavy (non-hydrogen) atoms. The van der Waals surface area contributed by atoms with Gasteiger partial charge in [0, 0.05) is 68.1 Å². The van der Waals surface area contributed by atoms with Crippen LogP contribution in [-0.2, 0) is 37.1 Å². The lowest BCUT2D eigenvalue weighted by atomic mass is 9.95. The van der Waals surface area contributed by atoms with Gasteiger partial charge in [-0.3, -0.25) is 39.6 Å². The van der Waals surface area contributed by atoms with Crippen molar-refractivity contribution in [2.24, 2.45) is 27.6 Å². The first kappa shape index (κ1) is 67.3. The number of hydrogen-bond donors (Lipinski definition) is 7. The van der Waals surface area contributed by atoms with E-state index in [2.05, 4.69) is 26.7 Å². The van der Waals surface area contributed by atoms with E-state index in [0.717, 1.165) is 71.6 Å². The van der Waals surface area contributed by atoms with Gasteiger partial charge in [-0.25, -0.2) is 9.69 Å². The minimum Gasteiger partial charge on any atom is -0.493 e. The number of carbonyl (C=O) groups excluding carboxylic acids is 7. The number of nitrogens with one attached hydrogen (secondary N) is 5. The predicted octanol–water partition coefficient (Wildman–Crippen LogP) is 8.71. The number of unbranched alkanes of at least 4 members (excludes halogenated alkanes) is 3. The topological polar surface area (TPSA) is 297 Å². The standard InChI is InChI=1S/C73H87N11O13/c1-43(2)63(79-61(85)20-12-13-21-62(86)81-39-46-16-8-9-17-49(46)65(80-74)64(75-4)50-18-10-11-19-54(50)81)67(88)77-44(3)66(87)78-47-24-22-45(23-25-47)40-97-71(92)84-55-35-60(58(94-6)33-52(55)69(90)83-42-73(28-29-73)37-56(83)70(84)91)96-31-15-7-14-30-95-59-34-53-51(32-57(59)93-5)68(89)82-41-72(26-27-72)36-48(82)38-76-53/h8-11,16-19,22-25,32-35,38,43-44,48,56,63,70,75,80,91H,7,12-15,20-21,26-31,36-37,39-42,74H2,1-6H3,(H,77,88)(H,78,87)(H,79,85)/b65-64-/t44-,48?,56-,63-,70-/m0/s1. The van der Waals surface area contributed by atoms with Crippen LogP contribution >= 0.6 is 0 Å². The van der Waals surface area contributed by atoms with Crippen LogP contribution in [0.1, 0.15) is 147 Å². The molecule has 2 saturated carbocycles. The molecule has 24 heteroatoms. The Morgan fingerprint density at radius 1 is 0.680 bits per heavy atom. The highest BCUT2D eigenvalue weighted by molar-refractivity contribution is 6.07. The van der Waals surface area contributed by atoms with Crippen LogP contribution in [0.4, 0.5) is 27.5 Å². The van der Waals surface area contributed by atoms with Gasteiger partial charge in [0.05, 0.1) is 85.6 Å². The van der Waals surface area contributed by atoms with Gasteiger partial charge >= 0.3 is 6.09 Å². The molecule has 12 rings (SSSR count). The molecule has 8 N–H and O–H groups in total. The molecule has 2 aliphatic carbocycles. The van der Waals surface area contributed by atoms with E-state index in [1.165, 1.54) is 14.0 Å². The first-order chi connectivity index (χ1) is 46.8. The molecule has 512 valence electrons. The second-order valence-electron chi connectivity index (χ2n) is 27.0. The number of rotatable bonds is 25. The van der Waals surface area contributed by atoms with Crippen molar-refractivity contribution in [2.45, 2.75) is 148 Å². The Hall–Kier alpha value is -9.68. The van der Waals surface area contributed by atoms with Crippen LogP contribution in [-0.4, -0.2) is 141 Å². The fourth-order valence-electron chi connectivity index (χ4n) is 14.1. The van der Waals surface area contributed by atoms with E-state index in [0.29, 0.717) is 97.9 Å². The van der Waals surface area contributed by atoms with Crippen LogP contribution in [0.2, 0.25) is 0 Å². The number of benzene rings is 5. The number of aliphatic hydroxyl groups excluding tert-OH is 1. The third kappa shape index (κ3) is 14.3. The highest BCUT2D eigenvalue weighted by Crippen LogP contribution is 2.58. The number of fused-ring (bicyclic) bond motifs is 6. The van der Waals surface area contributed by atoms with Crippen molar-refractivity contribution in [2.75, 3.05) is 62.7 Å². The van der Waals surface area contributed by atoms with Crippen LogP contribution in [0.5, 0.6) is 23.0 Å². The predicted molar refractivity (Wildman–Crippen MR) is 365 cm³/mol. The number of hydrogen-bond acceptors (Lipinski definition) is 17. The van der Waals surface area contributed by atoms with Gasteiger partial charge < -0.3 is 70.2 Å². The zero-order valence-corrected chi connectivity index (χ0v) is 55.9. The molecule has 0 radical (unpaired) electrons. The summed E-state index contributed by atoms with van der Waals surface area (Å²) in [5.74, 6) is 5.35. The smallest absolute Gasteiger partial charge is 0.416 e. The number of methoxy groups -OCH3 is 2. The maximum absolute atomic E-state index is 14.5. The molecule has 0 bridgehead atoms. The molecular formula is C73H87N11O13. The molecule has 7 amide bonds. The number of amides is 7. The first-order valence-corrected chi connectivity index (χ1v) is 33.7. The zero-order valence-electron chi connectivity index (χ0n) is 55.9. The van der Waals surface area contributed by atoms with Gasteiger partial charge in [-0.1, -0.05) is 68.4 Å². The lowest BCUT2D eigenvalue weighted by Crippen LogP contribution is -2.53. The summed E-state index contributed by atoms with van der Waals surface area (Å²) in [5, 5.41) is 23.8. The van der Waals surface area contributed by atoms with Gasteiger partial charge in [-0.15, -0.1) is 0 Å². The molecule has 24 nitrogen and oxygen atoms in total. The molecule has 2 saturated heterocycles. The Morgan fingerprint density at radius 2 is 1.32 bits per heavy atom. The Labute approximate surface area is 564 Å². The van der Waals surface area contributed by atoms with Crippen molar-refractivity contribution in [3.8, 4) is 23.0 Å². The number of hydrazine groups is 1. The van der Waals surface area contributed by atoms with Crippen molar-refractivity contribution in [1.29, 1.82) is 0 Å². The van der Waals surface area contributed by atoms with E-state index in [9.17, 15) is 38.7 Å². The fraction of sp³-hybridized carbons (Fsp3) is 0.452. The second-order valence-corrected chi connectivity index (χ2v) is 27.0. The van der Waals surface area contributed by atoms with Crippen LogP contribution in [0, 0.1) is 16.7 Å². The van der Waals surface area contributed by atoms with Crippen LogP contribution in [0.3, 0.4) is 0 Å². The summed E-state index contributed by atoms with van der Waals surface area (Å²) >= 11 is 0. The third-order valence-corrected chi connectivity index (χ3v) is 20.0. The second kappa shape index (κ2) is 28.6. The summed E-state index contributed by atoms with van der Waals surface area (Å²) in [6.07, 6.45) is 8.21. The molecule has 4 fully saturated rings. The van der Waals surface area contributed by atoms with Crippen molar-refractivity contribution in [3.05, 3.63) is 130 Å². The number of nitrogens with zero attached hydrogens (tertiary/aromatic N) is 5. The number of aliphatic imine (C=N–C) groups is 1. The summed E-state index contributed by atoms with van der Waals surface area (Å²) in [5.41, 5.74) is 10.0. The largest absolute Gasteiger partial charge is 0.493 e. The molecule has 5 atom stereocenters. The van der Waals surface area contributed by atoms with Crippen molar-refractivity contribution in [1.82, 2.24) is 31.2 Å². The summed E-state index contributed by atoms with van der Waals surface area (Å²) in [4.78, 5) is 108.